The number of hydrogen-bond acceptors (Lipinski definition) is 5. The van der Waals surface area contributed by atoms with Crippen molar-refractivity contribution < 1.29 is 14.3 Å². The quantitative estimate of drug-likeness (QED) is 0.788. The molecule has 0 aromatic carbocycles. The average molecular weight is 335 g/mol. The van der Waals surface area contributed by atoms with Crippen LogP contribution in [-0.2, 0) is 16.1 Å². The minimum absolute atomic E-state index is 0.0466. The maximum Gasteiger partial charge on any atom is 0.273 e. The van der Waals surface area contributed by atoms with Gasteiger partial charge in [0, 0.05) is 32.3 Å². The van der Waals surface area contributed by atoms with E-state index in [0.717, 1.165) is 45.1 Å². The maximum absolute atomic E-state index is 12.1. The van der Waals surface area contributed by atoms with Gasteiger partial charge in [0.25, 0.3) is 5.91 Å². The Morgan fingerprint density at radius 3 is 2.92 bits per heavy atom. The molecule has 132 valence electrons. The number of aryl methyl sites for hydroxylation is 1. The first-order chi connectivity index (χ1) is 11.7. The Morgan fingerprint density at radius 2 is 2.17 bits per heavy atom. The van der Waals surface area contributed by atoms with Crippen LogP contribution in [0.4, 0.5) is 0 Å². The van der Waals surface area contributed by atoms with E-state index in [1.165, 1.54) is 0 Å². The first-order valence-electron chi connectivity index (χ1n) is 8.67. The van der Waals surface area contributed by atoms with Crippen LogP contribution in [0.25, 0.3) is 0 Å². The third-order valence-corrected chi connectivity index (χ3v) is 4.59. The van der Waals surface area contributed by atoms with Crippen molar-refractivity contribution in [3.05, 3.63) is 11.9 Å². The molecule has 1 aliphatic carbocycles. The molecule has 1 aromatic rings. The van der Waals surface area contributed by atoms with Crippen LogP contribution in [0.5, 0.6) is 0 Å². The van der Waals surface area contributed by atoms with Crippen LogP contribution in [0.15, 0.2) is 6.20 Å². The van der Waals surface area contributed by atoms with Crippen molar-refractivity contribution in [3.63, 3.8) is 0 Å². The highest BCUT2D eigenvalue weighted by atomic mass is 16.5. The van der Waals surface area contributed by atoms with Crippen molar-refractivity contribution >= 4 is 11.8 Å². The summed E-state index contributed by atoms with van der Waals surface area (Å²) < 4.78 is 6.66. The number of likely N-dealkylation sites (tertiary alicyclic amines) is 1. The summed E-state index contributed by atoms with van der Waals surface area (Å²) in [6.45, 7) is 1.57. The lowest BCUT2D eigenvalue weighted by atomic mass is 9.99. The zero-order valence-electron chi connectivity index (χ0n) is 14.1. The van der Waals surface area contributed by atoms with E-state index in [-0.39, 0.29) is 24.5 Å². The maximum atomic E-state index is 12.1. The summed E-state index contributed by atoms with van der Waals surface area (Å²) in [5.41, 5.74) is 0.359. The van der Waals surface area contributed by atoms with E-state index >= 15 is 0 Å². The summed E-state index contributed by atoms with van der Waals surface area (Å²) in [5.74, 6) is -0.108. The molecule has 8 heteroatoms. The van der Waals surface area contributed by atoms with Crippen LogP contribution in [0.3, 0.4) is 0 Å². The Hall–Kier alpha value is -1.96. The second kappa shape index (κ2) is 7.74. The number of ether oxygens (including phenoxy) is 1. The molecule has 2 fully saturated rings. The first kappa shape index (κ1) is 16.9. The number of rotatable bonds is 7. The lowest BCUT2D eigenvalue weighted by Gasteiger charge is -2.35. The van der Waals surface area contributed by atoms with E-state index in [1.54, 1.807) is 18.0 Å². The number of hydrogen-bond donors (Lipinski definition) is 1. The molecule has 1 atom stereocenters. The second-order valence-electron chi connectivity index (χ2n) is 6.57. The average Bonchev–Trinajstić information content (AvgIpc) is 3.27. The van der Waals surface area contributed by atoms with Gasteiger partial charge in [-0.15, -0.1) is 5.10 Å². The van der Waals surface area contributed by atoms with Gasteiger partial charge in [0.1, 0.15) is 6.61 Å². The number of piperidine rings is 1. The number of methoxy groups -OCH3 is 1. The normalized spacial score (nSPS) is 20.9. The summed E-state index contributed by atoms with van der Waals surface area (Å²) in [6.07, 6.45) is 7.76. The molecule has 2 aliphatic rings. The molecule has 0 spiro atoms. The molecular formula is C16H25N5O3. The van der Waals surface area contributed by atoms with E-state index in [9.17, 15) is 9.59 Å². The van der Waals surface area contributed by atoms with Gasteiger partial charge in [-0.05, 0) is 38.5 Å². The van der Waals surface area contributed by atoms with Gasteiger partial charge < -0.3 is 15.0 Å². The van der Waals surface area contributed by atoms with Crippen LogP contribution < -0.4 is 5.32 Å². The summed E-state index contributed by atoms with van der Waals surface area (Å²) in [6, 6.07) is 0.514. The molecule has 0 bridgehead atoms. The third-order valence-electron chi connectivity index (χ3n) is 4.59. The Bertz CT molecular complexity index is 584. The summed E-state index contributed by atoms with van der Waals surface area (Å²) >= 11 is 0. The van der Waals surface area contributed by atoms with Gasteiger partial charge in [-0.3, -0.25) is 14.3 Å². The Balaban J connectivity index is 1.52. The van der Waals surface area contributed by atoms with Crippen molar-refractivity contribution in [1.82, 2.24) is 25.2 Å². The van der Waals surface area contributed by atoms with Crippen LogP contribution in [0.2, 0.25) is 0 Å². The van der Waals surface area contributed by atoms with Gasteiger partial charge >= 0.3 is 0 Å². The van der Waals surface area contributed by atoms with E-state index in [2.05, 4.69) is 15.6 Å². The minimum Gasteiger partial charge on any atom is -0.375 e. The fourth-order valence-corrected chi connectivity index (χ4v) is 3.12. The molecule has 1 saturated carbocycles. The summed E-state index contributed by atoms with van der Waals surface area (Å²) in [4.78, 5) is 26.0. The Morgan fingerprint density at radius 1 is 1.33 bits per heavy atom. The van der Waals surface area contributed by atoms with Gasteiger partial charge in [0.05, 0.1) is 6.20 Å². The summed E-state index contributed by atoms with van der Waals surface area (Å²) in [5, 5.41) is 10.9. The van der Waals surface area contributed by atoms with Crippen molar-refractivity contribution in [1.29, 1.82) is 0 Å². The highest BCUT2D eigenvalue weighted by Crippen LogP contribution is 2.21. The van der Waals surface area contributed by atoms with Gasteiger partial charge in [-0.1, -0.05) is 5.21 Å². The molecule has 8 nitrogen and oxygen atoms in total. The van der Waals surface area contributed by atoms with Crippen LogP contribution >= 0.6 is 0 Å². The molecule has 1 aromatic heterocycles. The standard InChI is InChI=1S/C16H25N5O3/c1-24-11-15(22)21-8-3-2-4-13(21)7-9-20-10-14(18-19-20)16(23)17-12-5-6-12/h10,12-13H,2-9,11H2,1H3,(H,17,23). The second-order valence-corrected chi connectivity index (χ2v) is 6.57. The Kier molecular flexibility index (Phi) is 5.44. The molecule has 1 saturated heterocycles. The third kappa shape index (κ3) is 4.31. The number of aromatic nitrogens is 3. The van der Waals surface area contributed by atoms with Crippen LogP contribution in [0, 0.1) is 0 Å². The number of carbonyl (C=O) groups is 2. The molecule has 24 heavy (non-hydrogen) atoms. The topological polar surface area (TPSA) is 89.4 Å². The van der Waals surface area contributed by atoms with Gasteiger partial charge in [0.2, 0.25) is 5.91 Å². The smallest absolute Gasteiger partial charge is 0.273 e. The minimum atomic E-state index is -0.154. The van der Waals surface area contributed by atoms with E-state index < -0.39 is 0 Å². The van der Waals surface area contributed by atoms with E-state index in [1.807, 2.05) is 4.90 Å². The molecule has 1 N–H and O–H groups in total. The Labute approximate surface area is 141 Å². The van der Waals surface area contributed by atoms with Crippen molar-refractivity contribution in [2.24, 2.45) is 0 Å². The molecular weight excluding hydrogens is 310 g/mol. The lowest BCUT2D eigenvalue weighted by Crippen LogP contribution is -2.45. The molecule has 2 heterocycles. The predicted octanol–water partition coefficient (Wildman–Crippen LogP) is 0.588. The number of nitrogens with zero attached hydrogens (tertiary/aromatic N) is 4. The van der Waals surface area contributed by atoms with Crippen molar-refractivity contribution in [3.8, 4) is 0 Å². The SMILES string of the molecule is COCC(=O)N1CCCCC1CCn1cc(C(=O)NC2CC2)nn1. The molecule has 1 aliphatic heterocycles. The molecule has 0 radical (unpaired) electrons. The zero-order chi connectivity index (χ0) is 16.9. The van der Waals surface area contributed by atoms with Crippen molar-refractivity contribution in [2.75, 3.05) is 20.3 Å². The van der Waals surface area contributed by atoms with Gasteiger partial charge in [-0.2, -0.15) is 0 Å². The predicted molar refractivity (Wildman–Crippen MR) is 86.4 cm³/mol. The lowest BCUT2D eigenvalue weighted by molar-refractivity contribution is -0.139. The van der Waals surface area contributed by atoms with Crippen LogP contribution in [0.1, 0.15) is 49.0 Å². The molecule has 3 rings (SSSR count). The van der Waals surface area contributed by atoms with Crippen LogP contribution in [-0.4, -0.2) is 64.1 Å². The van der Waals surface area contributed by atoms with Gasteiger partial charge in [0.15, 0.2) is 5.69 Å². The molecule has 1 unspecified atom stereocenters. The number of carbonyl (C=O) groups excluding carboxylic acids is 2. The largest absolute Gasteiger partial charge is 0.375 e. The highest BCUT2D eigenvalue weighted by molar-refractivity contribution is 5.92. The fourth-order valence-electron chi connectivity index (χ4n) is 3.12. The number of amides is 2. The first-order valence-corrected chi connectivity index (χ1v) is 8.67. The van der Waals surface area contributed by atoms with E-state index in [4.69, 9.17) is 4.74 Å². The van der Waals surface area contributed by atoms with E-state index in [0.29, 0.717) is 18.3 Å². The highest BCUT2D eigenvalue weighted by Gasteiger charge is 2.27. The van der Waals surface area contributed by atoms with Gasteiger partial charge in [-0.25, -0.2) is 0 Å². The molecule has 2 amide bonds. The van der Waals surface area contributed by atoms with Crippen molar-refractivity contribution in [2.45, 2.75) is 57.2 Å². The monoisotopic (exact) mass is 335 g/mol. The zero-order valence-corrected chi connectivity index (χ0v) is 14.1. The number of nitrogens with one attached hydrogen (secondary N) is 1. The fraction of sp³-hybridized carbons (Fsp3) is 0.750. The summed E-state index contributed by atoms with van der Waals surface area (Å²) in [7, 11) is 1.54.